The number of amides is 1. The Balaban J connectivity index is 1.88. The molecule has 0 spiro atoms. The summed E-state index contributed by atoms with van der Waals surface area (Å²) < 4.78 is 4.15. The number of alkyl halides is 2. The van der Waals surface area contributed by atoms with E-state index in [4.69, 9.17) is 27.6 Å². The van der Waals surface area contributed by atoms with Gasteiger partial charge in [0.15, 0.2) is 0 Å². The Kier molecular flexibility index (Phi) is 3.14. The predicted molar refractivity (Wildman–Crippen MR) is 63.8 cm³/mol. The standard InChI is InChI=1S/C11H13Cl2NO3/c1-10(16,8-3-2-4-17-8)6-14-9(15)7-5-11(7,12)13/h2-4,7,16H,5-6H2,1H3,(H,14,15). The highest BCUT2D eigenvalue weighted by Crippen LogP contribution is 2.53. The number of carbonyl (C=O) groups excluding carboxylic acids is 1. The minimum absolute atomic E-state index is 0.0553. The van der Waals surface area contributed by atoms with Gasteiger partial charge in [-0.25, -0.2) is 0 Å². The van der Waals surface area contributed by atoms with Gasteiger partial charge >= 0.3 is 0 Å². The molecular formula is C11H13Cl2NO3. The summed E-state index contributed by atoms with van der Waals surface area (Å²) in [6.45, 7) is 1.62. The highest BCUT2D eigenvalue weighted by molar-refractivity contribution is 6.52. The highest BCUT2D eigenvalue weighted by atomic mass is 35.5. The molecule has 0 radical (unpaired) electrons. The second kappa shape index (κ2) is 4.19. The van der Waals surface area contributed by atoms with Gasteiger partial charge in [-0.2, -0.15) is 0 Å². The summed E-state index contributed by atoms with van der Waals surface area (Å²) in [5.74, 6) is -0.239. The van der Waals surface area contributed by atoms with Gasteiger partial charge in [0.2, 0.25) is 5.91 Å². The Morgan fingerprint density at radius 3 is 2.88 bits per heavy atom. The molecule has 0 aromatic carbocycles. The van der Waals surface area contributed by atoms with E-state index in [-0.39, 0.29) is 12.5 Å². The molecule has 1 saturated carbocycles. The van der Waals surface area contributed by atoms with Crippen LogP contribution in [0.25, 0.3) is 0 Å². The fourth-order valence-corrected chi connectivity index (χ4v) is 2.06. The Bertz CT molecular complexity index is 414. The second-order valence-corrected chi connectivity index (χ2v) is 6.03. The molecule has 1 fully saturated rings. The average molecular weight is 278 g/mol. The van der Waals surface area contributed by atoms with Crippen LogP contribution in [0.3, 0.4) is 0 Å². The summed E-state index contributed by atoms with van der Waals surface area (Å²) >= 11 is 11.6. The molecule has 17 heavy (non-hydrogen) atoms. The molecular weight excluding hydrogens is 265 g/mol. The molecule has 2 unspecified atom stereocenters. The van der Waals surface area contributed by atoms with Gasteiger partial charge in [-0.1, -0.05) is 0 Å². The van der Waals surface area contributed by atoms with Crippen LogP contribution in [0.2, 0.25) is 0 Å². The lowest BCUT2D eigenvalue weighted by Gasteiger charge is -2.21. The van der Waals surface area contributed by atoms with Gasteiger partial charge in [0.1, 0.15) is 15.7 Å². The first-order valence-electron chi connectivity index (χ1n) is 5.25. The van der Waals surface area contributed by atoms with Crippen LogP contribution in [0.15, 0.2) is 22.8 Å². The third-order valence-electron chi connectivity index (χ3n) is 2.80. The lowest BCUT2D eigenvalue weighted by molar-refractivity contribution is -0.123. The predicted octanol–water partition coefficient (Wildman–Crippen LogP) is 1.80. The lowest BCUT2D eigenvalue weighted by atomic mass is 10.0. The van der Waals surface area contributed by atoms with E-state index in [9.17, 15) is 9.90 Å². The quantitative estimate of drug-likeness (QED) is 0.825. The Morgan fingerprint density at radius 1 is 1.76 bits per heavy atom. The minimum atomic E-state index is -1.24. The summed E-state index contributed by atoms with van der Waals surface area (Å²) in [4.78, 5) is 11.6. The van der Waals surface area contributed by atoms with Gasteiger partial charge in [0.25, 0.3) is 0 Å². The topological polar surface area (TPSA) is 62.5 Å². The molecule has 0 saturated heterocycles. The molecule has 1 aliphatic rings. The van der Waals surface area contributed by atoms with E-state index in [1.165, 1.54) is 6.26 Å². The van der Waals surface area contributed by atoms with Crippen molar-refractivity contribution in [3.05, 3.63) is 24.2 Å². The summed E-state index contributed by atoms with van der Waals surface area (Å²) in [6, 6.07) is 3.33. The van der Waals surface area contributed by atoms with Crippen LogP contribution in [-0.4, -0.2) is 21.9 Å². The van der Waals surface area contributed by atoms with E-state index in [0.29, 0.717) is 12.2 Å². The smallest absolute Gasteiger partial charge is 0.226 e. The molecule has 94 valence electrons. The molecule has 0 aliphatic heterocycles. The minimum Gasteiger partial charge on any atom is -0.466 e. The number of hydrogen-bond acceptors (Lipinski definition) is 3. The third kappa shape index (κ3) is 2.76. The normalized spacial score (nSPS) is 25.1. The molecule has 6 heteroatoms. The summed E-state index contributed by atoms with van der Waals surface area (Å²) in [7, 11) is 0. The van der Waals surface area contributed by atoms with Crippen molar-refractivity contribution >= 4 is 29.1 Å². The maximum absolute atomic E-state index is 11.6. The van der Waals surface area contributed by atoms with Gasteiger partial charge in [0.05, 0.1) is 18.7 Å². The van der Waals surface area contributed by atoms with E-state index < -0.39 is 15.9 Å². The number of nitrogens with one attached hydrogen (secondary N) is 1. The Labute approximate surface area is 109 Å². The number of aliphatic hydroxyl groups is 1. The maximum Gasteiger partial charge on any atom is 0.226 e. The molecule has 2 atom stereocenters. The fourth-order valence-electron chi connectivity index (χ4n) is 1.55. The van der Waals surface area contributed by atoms with E-state index in [2.05, 4.69) is 5.32 Å². The first kappa shape index (κ1) is 12.7. The van der Waals surface area contributed by atoms with Gasteiger partial charge in [-0.15, -0.1) is 23.2 Å². The van der Waals surface area contributed by atoms with Crippen LogP contribution in [0.1, 0.15) is 19.1 Å². The summed E-state index contributed by atoms with van der Waals surface area (Å²) in [5, 5.41) is 12.7. The average Bonchev–Trinajstić information content (AvgIpc) is 2.73. The fraction of sp³-hybridized carbons (Fsp3) is 0.545. The van der Waals surface area contributed by atoms with Crippen molar-refractivity contribution in [2.45, 2.75) is 23.3 Å². The molecule has 2 N–H and O–H groups in total. The van der Waals surface area contributed by atoms with Crippen molar-refractivity contribution in [3.63, 3.8) is 0 Å². The maximum atomic E-state index is 11.6. The van der Waals surface area contributed by atoms with E-state index in [1.54, 1.807) is 19.1 Å². The Hall–Kier alpha value is -0.710. The molecule has 4 nitrogen and oxygen atoms in total. The molecule has 1 amide bonds. The molecule has 1 aromatic heterocycles. The molecule has 2 rings (SSSR count). The van der Waals surface area contributed by atoms with Gasteiger partial charge < -0.3 is 14.8 Å². The largest absolute Gasteiger partial charge is 0.466 e. The number of carbonyl (C=O) groups is 1. The second-order valence-electron chi connectivity index (χ2n) is 4.49. The summed E-state index contributed by atoms with van der Waals surface area (Å²) in [5.41, 5.74) is -1.24. The lowest BCUT2D eigenvalue weighted by Crippen LogP contribution is -2.39. The van der Waals surface area contributed by atoms with E-state index in [0.717, 1.165) is 0 Å². The number of furan rings is 1. The van der Waals surface area contributed by atoms with Crippen LogP contribution >= 0.6 is 23.2 Å². The van der Waals surface area contributed by atoms with Crippen molar-refractivity contribution in [2.24, 2.45) is 5.92 Å². The van der Waals surface area contributed by atoms with Gasteiger partial charge in [0, 0.05) is 0 Å². The zero-order valence-corrected chi connectivity index (χ0v) is 10.8. The van der Waals surface area contributed by atoms with Crippen LogP contribution in [0, 0.1) is 5.92 Å². The van der Waals surface area contributed by atoms with Gasteiger partial charge in [-0.3, -0.25) is 4.79 Å². The van der Waals surface area contributed by atoms with Crippen molar-refractivity contribution in [1.82, 2.24) is 5.32 Å². The van der Waals surface area contributed by atoms with Crippen LogP contribution in [0.4, 0.5) is 0 Å². The van der Waals surface area contributed by atoms with Gasteiger partial charge in [-0.05, 0) is 25.5 Å². The van der Waals surface area contributed by atoms with E-state index in [1.807, 2.05) is 0 Å². The van der Waals surface area contributed by atoms with E-state index >= 15 is 0 Å². The monoisotopic (exact) mass is 277 g/mol. The SMILES string of the molecule is CC(O)(CNC(=O)C1CC1(Cl)Cl)c1ccco1. The number of halogens is 2. The molecule has 1 aromatic rings. The zero-order chi connectivity index (χ0) is 12.7. The summed E-state index contributed by atoms with van der Waals surface area (Å²) in [6.07, 6.45) is 1.92. The number of rotatable bonds is 4. The molecule has 1 heterocycles. The van der Waals surface area contributed by atoms with Crippen molar-refractivity contribution in [2.75, 3.05) is 6.54 Å². The first-order chi connectivity index (χ1) is 7.83. The van der Waals surface area contributed by atoms with Crippen molar-refractivity contribution in [1.29, 1.82) is 0 Å². The Morgan fingerprint density at radius 2 is 2.41 bits per heavy atom. The molecule has 1 aliphatic carbocycles. The first-order valence-corrected chi connectivity index (χ1v) is 6.00. The number of hydrogen-bond donors (Lipinski definition) is 2. The van der Waals surface area contributed by atoms with Crippen molar-refractivity contribution in [3.8, 4) is 0 Å². The third-order valence-corrected chi connectivity index (χ3v) is 3.64. The van der Waals surface area contributed by atoms with Crippen LogP contribution in [0.5, 0.6) is 0 Å². The van der Waals surface area contributed by atoms with Crippen molar-refractivity contribution < 1.29 is 14.3 Å². The molecule has 0 bridgehead atoms. The van der Waals surface area contributed by atoms with Crippen LogP contribution in [-0.2, 0) is 10.4 Å². The zero-order valence-electron chi connectivity index (χ0n) is 9.24. The van der Waals surface area contributed by atoms with Crippen LogP contribution < -0.4 is 5.32 Å². The highest BCUT2D eigenvalue weighted by Gasteiger charge is 2.56.